The second-order valence-electron chi connectivity index (χ2n) is 3.23. The Balaban J connectivity index is 2.58. The molecule has 0 radical (unpaired) electrons. The van der Waals surface area contributed by atoms with Gasteiger partial charge in [-0.3, -0.25) is 0 Å². The Bertz CT molecular complexity index is 417. The third-order valence-electron chi connectivity index (χ3n) is 2.16. The lowest BCUT2D eigenvalue weighted by atomic mass is 10.1. The molecule has 0 aliphatic heterocycles. The first-order valence-corrected chi connectivity index (χ1v) is 4.52. The highest BCUT2D eigenvalue weighted by molar-refractivity contribution is 5.82. The first-order chi connectivity index (χ1) is 6.31. The average Bonchev–Trinajstić information content (AvgIpc) is 2.49. The molecule has 2 rings (SSSR count). The zero-order valence-corrected chi connectivity index (χ0v) is 7.67. The average molecular weight is 175 g/mol. The number of hydrogen-bond donors (Lipinski definition) is 2. The Labute approximate surface area is 77.0 Å². The maximum absolute atomic E-state index is 5.67. The molecule has 0 saturated heterocycles. The molecule has 0 saturated carbocycles. The normalized spacial score (nSPS) is 10.8. The van der Waals surface area contributed by atoms with Crippen molar-refractivity contribution in [3.63, 3.8) is 0 Å². The predicted molar refractivity (Wildman–Crippen MR) is 54.5 cm³/mol. The highest BCUT2D eigenvalue weighted by atomic mass is 14.8. The van der Waals surface area contributed by atoms with Gasteiger partial charge in [-0.05, 0) is 18.1 Å². The zero-order valence-electron chi connectivity index (χ0n) is 7.67. The van der Waals surface area contributed by atoms with Crippen molar-refractivity contribution >= 4 is 16.7 Å². The number of nitrogens with one attached hydrogen (secondary N) is 1. The van der Waals surface area contributed by atoms with E-state index in [0.29, 0.717) is 0 Å². The monoisotopic (exact) mass is 175 g/mol. The van der Waals surface area contributed by atoms with Gasteiger partial charge < -0.3 is 10.7 Å². The van der Waals surface area contributed by atoms with Crippen LogP contribution in [-0.2, 0) is 6.42 Å². The number of nitrogens with zero attached hydrogens (tertiary/aromatic N) is 1. The highest BCUT2D eigenvalue weighted by Gasteiger charge is 2.03. The van der Waals surface area contributed by atoms with Crippen LogP contribution in [0.15, 0.2) is 18.5 Å². The van der Waals surface area contributed by atoms with Crippen molar-refractivity contribution in [1.82, 2.24) is 9.97 Å². The van der Waals surface area contributed by atoms with E-state index in [0.717, 1.165) is 29.6 Å². The van der Waals surface area contributed by atoms with E-state index in [1.807, 2.05) is 12.3 Å². The minimum Gasteiger partial charge on any atom is -0.397 e. The molecule has 0 bridgehead atoms. The summed E-state index contributed by atoms with van der Waals surface area (Å²) in [5.41, 5.74) is 8.63. The standard InChI is InChI=1S/C10H13N3/c1-2-3-7-5-12-10-9(7)4-8(11)6-13-10/h4-6H,2-3,11H2,1H3,(H,12,13). The topological polar surface area (TPSA) is 54.7 Å². The molecule has 2 aromatic heterocycles. The number of nitrogens with two attached hydrogens (primary N) is 1. The van der Waals surface area contributed by atoms with Gasteiger partial charge in [0, 0.05) is 11.6 Å². The summed E-state index contributed by atoms with van der Waals surface area (Å²) in [5.74, 6) is 0. The number of nitrogen functional groups attached to an aromatic ring is 1. The summed E-state index contributed by atoms with van der Waals surface area (Å²) in [5, 5.41) is 1.15. The number of H-pyrrole nitrogens is 1. The summed E-state index contributed by atoms with van der Waals surface area (Å²) in [4.78, 5) is 7.34. The number of anilines is 1. The van der Waals surface area contributed by atoms with E-state index in [1.54, 1.807) is 6.20 Å². The van der Waals surface area contributed by atoms with Crippen molar-refractivity contribution in [2.24, 2.45) is 0 Å². The Hall–Kier alpha value is -1.51. The Morgan fingerprint density at radius 3 is 3.15 bits per heavy atom. The summed E-state index contributed by atoms with van der Waals surface area (Å²) >= 11 is 0. The van der Waals surface area contributed by atoms with E-state index in [1.165, 1.54) is 5.56 Å². The van der Waals surface area contributed by atoms with E-state index in [-0.39, 0.29) is 0 Å². The molecule has 3 heteroatoms. The SMILES string of the molecule is CCCc1c[nH]c2ncc(N)cc12. The maximum Gasteiger partial charge on any atom is 0.137 e. The summed E-state index contributed by atoms with van der Waals surface area (Å²) in [6.45, 7) is 2.17. The molecule has 0 atom stereocenters. The molecule has 2 heterocycles. The molecule has 13 heavy (non-hydrogen) atoms. The third kappa shape index (κ3) is 1.37. The van der Waals surface area contributed by atoms with E-state index < -0.39 is 0 Å². The fraction of sp³-hybridized carbons (Fsp3) is 0.300. The molecule has 68 valence electrons. The van der Waals surface area contributed by atoms with Gasteiger partial charge in [0.05, 0.1) is 11.9 Å². The summed E-state index contributed by atoms with van der Waals surface area (Å²) in [6.07, 6.45) is 5.90. The molecule has 0 aliphatic carbocycles. The quantitative estimate of drug-likeness (QED) is 0.734. The lowest BCUT2D eigenvalue weighted by molar-refractivity contribution is 0.929. The lowest BCUT2D eigenvalue weighted by Gasteiger charge is -1.96. The van der Waals surface area contributed by atoms with E-state index in [2.05, 4.69) is 16.9 Å². The van der Waals surface area contributed by atoms with Crippen LogP contribution in [-0.4, -0.2) is 9.97 Å². The van der Waals surface area contributed by atoms with Gasteiger partial charge in [-0.2, -0.15) is 0 Å². The van der Waals surface area contributed by atoms with Gasteiger partial charge in [0.25, 0.3) is 0 Å². The first-order valence-electron chi connectivity index (χ1n) is 4.52. The number of aryl methyl sites for hydroxylation is 1. The summed E-state index contributed by atoms with van der Waals surface area (Å²) < 4.78 is 0. The number of aromatic amines is 1. The minimum absolute atomic E-state index is 0.726. The molecule has 0 spiro atoms. The van der Waals surface area contributed by atoms with Crippen LogP contribution in [0, 0.1) is 0 Å². The maximum atomic E-state index is 5.67. The van der Waals surface area contributed by atoms with Gasteiger partial charge in [-0.15, -0.1) is 0 Å². The van der Waals surface area contributed by atoms with Crippen molar-refractivity contribution in [2.75, 3.05) is 5.73 Å². The Kier molecular flexibility index (Phi) is 1.93. The molecule has 0 aromatic carbocycles. The van der Waals surface area contributed by atoms with Crippen LogP contribution >= 0.6 is 0 Å². The predicted octanol–water partition coefficient (Wildman–Crippen LogP) is 2.10. The minimum atomic E-state index is 0.726. The molecule has 3 nitrogen and oxygen atoms in total. The molecule has 0 aliphatic rings. The van der Waals surface area contributed by atoms with Crippen LogP contribution < -0.4 is 5.73 Å². The zero-order chi connectivity index (χ0) is 9.26. The summed E-state index contributed by atoms with van der Waals surface area (Å²) in [6, 6.07) is 1.98. The molecule has 2 aromatic rings. The second-order valence-corrected chi connectivity index (χ2v) is 3.23. The van der Waals surface area contributed by atoms with Gasteiger partial charge in [-0.1, -0.05) is 13.3 Å². The van der Waals surface area contributed by atoms with Crippen LogP contribution in [0.2, 0.25) is 0 Å². The van der Waals surface area contributed by atoms with Crippen LogP contribution in [0.4, 0.5) is 5.69 Å². The highest BCUT2D eigenvalue weighted by Crippen LogP contribution is 2.19. The molecular weight excluding hydrogens is 162 g/mol. The fourth-order valence-electron chi connectivity index (χ4n) is 1.55. The van der Waals surface area contributed by atoms with Crippen molar-refractivity contribution in [3.05, 3.63) is 24.0 Å². The fourth-order valence-corrected chi connectivity index (χ4v) is 1.55. The van der Waals surface area contributed by atoms with E-state index in [9.17, 15) is 0 Å². The van der Waals surface area contributed by atoms with Gasteiger partial charge in [0.15, 0.2) is 0 Å². The van der Waals surface area contributed by atoms with Crippen LogP contribution in [0.1, 0.15) is 18.9 Å². The van der Waals surface area contributed by atoms with Gasteiger partial charge in [0.1, 0.15) is 5.65 Å². The van der Waals surface area contributed by atoms with E-state index in [4.69, 9.17) is 5.73 Å². The molecular formula is C10H13N3. The lowest BCUT2D eigenvalue weighted by Crippen LogP contribution is -1.87. The number of rotatable bonds is 2. The number of pyridine rings is 1. The number of aromatic nitrogens is 2. The molecule has 0 amide bonds. The number of fused-ring (bicyclic) bond motifs is 1. The Morgan fingerprint density at radius 2 is 2.38 bits per heavy atom. The molecule has 0 unspecified atom stereocenters. The van der Waals surface area contributed by atoms with Crippen LogP contribution in [0.25, 0.3) is 11.0 Å². The van der Waals surface area contributed by atoms with Crippen molar-refractivity contribution in [2.45, 2.75) is 19.8 Å². The molecule has 3 N–H and O–H groups in total. The van der Waals surface area contributed by atoms with Gasteiger partial charge in [-0.25, -0.2) is 4.98 Å². The van der Waals surface area contributed by atoms with Crippen LogP contribution in [0.5, 0.6) is 0 Å². The Morgan fingerprint density at radius 1 is 1.54 bits per heavy atom. The van der Waals surface area contributed by atoms with Crippen molar-refractivity contribution < 1.29 is 0 Å². The van der Waals surface area contributed by atoms with Crippen molar-refractivity contribution in [1.29, 1.82) is 0 Å². The van der Waals surface area contributed by atoms with Gasteiger partial charge >= 0.3 is 0 Å². The number of hydrogen-bond acceptors (Lipinski definition) is 2. The largest absolute Gasteiger partial charge is 0.397 e. The van der Waals surface area contributed by atoms with Crippen LogP contribution in [0.3, 0.4) is 0 Å². The first kappa shape index (κ1) is 8.10. The van der Waals surface area contributed by atoms with Gasteiger partial charge in [0.2, 0.25) is 0 Å². The van der Waals surface area contributed by atoms with Crippen molar-refractivity contribution in [3.8, 4) is 0 Å². The van der Waals surface area contributed by atoms with E-state index >= 15 is 0 Å². The third-order valence-corrected chi connectivity index (χ3v) is 2.16. The second kappa shape index (κ2) is 3.09. The smallest absolute Gasteiger partial charge is 0.137 e. The molecule has 0 fully saturated rings. The summed E-state index contributed by atoms with van der Waals surface area (Å²) in [7, 11) is 0.